The van der Waals surface area contributed by atoms with Gasteiger partial charge in [-0.1, -0.05) is 43.5 Å². The highest BCUT2D eigenvalue weighted by molar-refractivity contribution is 5.98. The molecule has 3 heterocycles. The van der Waals surface area contributed by atoms with Gasteiger partial charge in [0.1, 0.15) is 29.3 Å². The molecule has 2 fully saturated rings. The monoisotopic (exact) mass is 565 g/mol. The molecule has 2 N–H and O–H groups in total. The Morgan fingerprint density at radius 3 is 2.55 bits per heavy atom. The maximum absolute atomic E-state index is 13.2. The van der Waals surface area contributed by atoms with Crippen molar-refractivity contribution in [3.05, 3.63) is 73.1 Å². The molecule has 2 aliphatic rings. The molecule has 6 rings (SSSR count). The summed E-state index contributed by atoms with van der Waals surface area (Å²) >= 11 is 0. The first-order valence-corrected chi connectivity index (χ1v) is 15.0. The number of nitrogens with zero attached hydrogens (tertiary/aromatic N) is 6. The zero-order valence-corrected chi connectivity index (χ0v) is 24.2. The van der Waals surface area contributed by atoms with Crippen molar-refractivity contribution in [2.45, 2.75) is 57.0 Å². The molecule has 9 heteroatoms. The molecule has 4 aromatic rings. The number of carbonyl (C=O) groups excluding carboxylic acids is 1. The number of ether oxygens (including phenoxy) is 1. The second-order valence-corrected chi connectivity index (χ2v) is 11.4. The largest absolute Gasteiger partial charge is 0.457 e. The van der Waals surface area contributed by atoms with Crippen LogP contribution in [0.2, 0.25) is 0 Å². The lowest BCUT2D eigenvalue weighted by Gasteiger charge is -2.32. The summed E-state index contributed by atoms with van der Waals surface area (Å²) in [5.41, 5.74) is 8.68. The van der Waals surface area contributed by atoms with Gasteiger partial charge >= 0.3 is 0 Å². The SMILES string of the molecule is CN(C/C=C/C(=O)N1CCCC(n2nc(-c3ccc(Oc4ccccc4)cc3)c3c(N)ncnc32)C1)C1CCCCC1. The third kappa shape index (κ3) is 6.16. The van der Waals surface area contributed by atoms with Crippen LogP contribution in [0.4, 0.5) is 5.82 Å². The van der Waals surface area contributed by atoms with Crippen LogP contribution in [0.25, 0.3) is 22.3 Å². The Morgan fingerprint density at radius 1 is 1.00 bits per heavy atom. The Kier molecular flexibility index (Phi) is 8.46. The fourth-order valence-corrected chi connectivity index (χ4v) is 6.21. The van der Waals surface area contributed by atoms with Gasteiger partial charge in [0, 0.05) is 37.3 Å². The number of piperidine rings is 1. The summed E-state index contributed by atoms with van der Waals surface area (Å²) in [5, 5.41) is 5.74. The quantitative estimate of drug-likeness (QED) is 0.267. The lowest BCUT2D eigenvalue weighted by Crippen LogP contribution is -2.40. The van der Waals surface area contributed by atoms with E-state index in [1.54, 1.807) is 6.08 Å². The molecule has 1 aliphatic carbocycles. The lowest BCUT2D eigenvalue weighted by molar-refractivity contribution is -0.127. The van der Waals surface area contributed by atoms with Gasteiger partial charge in [0.25, 0.3) is 0 Å². The van der Waals surface area contributed by atoms with Gasteiger partial charge in [-0.05, 0) is 69.1 Å². The van der Waals surface area contributed by atoms with Crippen LogP contribution in [0.15, 0.2) is 73.1 Å². The molecular weight excluding hydrogens is 526 g/mol. The van der Waals surface area contributed by atoms with Crippen LogP contribution >= 0.6 is 0 Å². The number of rotatable bonds is 8. The van der Waals surface area contributed by atoms with Crippen molar-refractivity contribution in [2.75, 3.05) is 32.4 Å². The normalized spacial score (nSPS) is 18.2. The van der Waals surface area contributed by atoms with Crippen LogP contribution in [-0.4, -0.2) is 68.2 Å². The van der Waals surface area contributed by atoms with Crippen molar-refractivity contribution in [3.63, 3.8) is 0 Å². The number of fused-ring (bicyclic) bond motifs is 1. The summed E-state index contributed by atoms with van der Waals surface area (Å²) in [7, 11) is 2.17. The Bertz CT molecular complexity index is 1530. The van der Waals surface area contributed by atoms with Crippen LogP contribution in [0.5, 0.6) is 11.5 Å². The van der Waals surface area contributed by atoms with Crippen LogP contribution in [0.3, 0.4) is 0 Å². The summed E-state index contributed by atoms with van der Waals surface area (Å²) in [6.45, 7) is 2.11. The Morgan fingerprint density at radius 2 is 1.76 bits per heavy atom. The van der Waals surface area contributed by atoms with Crippen molar-refractivity contribution < 1.29 is 9.53 Å². The predicted octanol–water partition coefficient (Wildman–Crippen LogP) is 5.85. The number of likely N-dealkylation sites (tertiary alicyclic amines) is 1. The third-order valence-electron chi connectivity index (χ3n) is 8.53. The summed E-state index contributed by atoms with van der Waals surface area (Å²) in [6, 6.07) is 18.1. The van der Waals surface area contributed by atoms with E-state index in [0.717, 1.165) is 54.1 Å². The minimum atomic E-state index is -0.00718. The van der Waals surface area contributed by atoms with Crippen molar-refractivity contribution in [2.24, 2.45) is 0 Å². The number of anilines is 1. The van der Waals surface area contributed by atoms with Gasteiger partial charge in [-0.2, -0.15) is 5.10 Å². The van der Waals surface area contributed by atoms with Gasteiger partial charge in [-0.15, -0.1) is 0 Å². The van der Waals surface area contributed by atoms with E-state index < -0.39 is 0 Å². The van der Waals surface area contributed by atoms with E-state index in [4.69, 9.17) is 15.6 Å². The molecule has 2 aromatic carbocycles. The van der Waals surface area contributed by atoms with Gasteiger partial charge in [0.05, 0.1) is 11.4 Å². The average molecular weight is 566 g/mol. The van der Waals surface area contributed by atoms with Crippen LogP contribution in [-0.2, 0) is 4.79 Å². The van der Waals surface area contributed by atoms with Gasteiger partial charge in [-0.3, -0.25) is 9.69 Å². The van der Waals surface area contributed by atoms with Crippen molar-refractivity contribution in [1.29, 1.82) is 0 Å². The first-order valence-electron chi connectivity index (χ1n) is 15.0. The molecule has 1 saturated carbocycles. The second kappa shape index (κ2) is 12.7. The number of hydrogen-bond acceptors (Lipinski definition) is 7. The lowest BCUT2D eigenvalue weighted by atomic mass is 9.94. The Balaban J connectivity index is 1.18. The number of amides is 1. The van der Waals surface area contributed by atoms with Crippen LogP contribution in [0.1, 0.15) is 51.0 Å². The molecule has 0 spiro atoms. The summed E-state index contributed by atoms with van der Waals surface area (Å²) in [4.78, 5) is 26.3. The van der Waals surface area contributed by atoms with E-state index in [9.17, 15) is 4.79 Å². The topological polar surface area (TPSA) is 102 Å². The van der Waals surface area contributed by atoms with E-state index in [1.165, 1.54) is 38.4 Å². The first-order chi connectivity index (χ1) is 20.6. The molecule has 1 amide bonds. The number of para-hydroxylation sites is 1. The highest BCUT2D eigenvalue weighted by atomic mass is 16.5. The fraction of sp³-hybridized carbons (Fsp3) is 0.394. The standard InChI is InChI=1S/C33H39N7O2/c1-38(25-10-4-2-5-11-25)20-9-15-29(41)39-21-8-12-26(22-39)40-33-30(32(34)35-23-36-33)31(37-40)24-16-18-28(19-17-24)42-27-13-6-3-7-14-27/h3,6-7,9,13-19,23,25-26H,2,4-5,8,10-12,20-22H2,1H3,(H2,34,35,36)/b15-9+. The Hall–Kier alpha value is -4.24. The molecule has 1 aliphatic heterocycles. The van der Waals surface area contributed by atoms with E-state index in [-0.39, 0.29) is 11.9 Å². The fourth-order valence-electron chi connectivity index (χ4n) is 6.21. The smallest absolute Gasteiger partial charge is 0.246 e. The van der Waals surface area contributed by atoms with E-state index in [2.05, 4.69) is 21.9 Å². The summed E-state index contributed by atoms with van der Waals surface area (Å²) in [5.74, 6) is 1.95. The van der Waals surface area contributed by atoms with Crippen LogP contribution in [0, 0.1) is 0 Å². The molecule has 0 radical (unpaired) electrons. The number of nitrogen functional groups attached to an aromatic ring is 1. The molecule has 9 nitrogen and oxygen atoms in total. The number of benzene rings is 2. The number of carbonyl (C=O) groups is 1. The predicted molar refractivity (Wildman–Crippen MR) is 165 cm³/mol. The summed E-state index contributed by atoms with van der Waals surface area (Å²) in [6.07, 6.45) is 13.5. The number of hydrogen-bond donors (Lipinski definition) is 1. The van der Waals surface area contributed by atoms with Crippen molar-refractivity contribution in [3.8, 4) is 22.8 Å². The molecule has 218 valence electrons. The summed E-state index contributed by atoms with van der Waals surface area (Å²) < 4.78 is 7.91. The van der Waals surface area contributed by atoms with E-state index in [0.29, 0.717) is 24.1 Å². The second-order valence-electron chi connectivity index (χ2n) is 11.4. The molecule has 42 heavy (non-hydrogen) atoms. The molecule has 0 bridgehead atoms. The molecular formula is C33H39N7O2. The van der Waals surface area contributed by atoms with Crippen LogP contribution < -0.4 is 10.5 Å². The maximum Gasteiger partial charge on any atom is 0.246 e. The Labute approximate surface area is 247 Å². The van der Waals surface area contributed by atoms with Gasteiger partial charge in [0.2, 0.25) is 5.91 Å². The van der Waals surface area contributed by atoms with E-state index in [1.807, 2.05) is 70.3 Å². The van der Waals surface area contributed by atoms with Gasteiger partial charge in [0.15, 0.2) is 5.65 Å². The number of aromatic nitrogens is 4. The van der Waals surface area contributed by atoms with Crippen molar-refractivity contribution >= 4 is 22.8 Å². The number of likely N-dealkylation sites (N-methyl/N-ethyl adjacent to an activating group) is 1. The minimum absolute atomic E-state index is 0.00718. The minimum Gasteiger partial charge on any atom is -0.457 e. The molecule has 2 aromatic heterocycles. The van der Waals surface area contributed by atoms with E-state index >= 15 is 0 Å². The van der Waals surface area contributed by atoms with Crippen molar-refractivity contribution in [1.82, 2.24) is 29.5 Å². The highest BCUT2D eigenvalue weighted by Crippen LogP contribution is 2.35. The third-order valence-corrected chi connectivity index (χ3v) is 8.53. The first kappa shape index (κ1) is 27.9. The maximum atomic E-state index is 13.2. The average Bonchev–Trinajstić information content (AvgIpc) is 3.43. The molecule has 1 atom stereocenters. The molecule has 1 unspecified atom stereocenters. The van der Waals surface area contributed by atoms with Gasteiger partial charge < -0.3 is 15.4 Å². The zero-order valence-electron chi connectivity index (χ0n) is 24.2. The molecule has 1 saturated heterocycles. The highest BCUT2D eigenvalue weighted by Gasteiger charge is 2.28. The zero-order chi connectivity index (χ0) is 28.9. The number of nitrogens with two attached hydrogens (primary N) is 1. The van der Waals surface area contributed by atoms with Gasteiger partial charge in [-0.25, -0.2) is 14.6 Å².